The number of guanidine groups is 1. The second-order valence-electron chi connectivity index (χ2n) is 10.3. The van der Waals surface area contributed by atoms with Gasteiger partial charge in [-0.15, -0.1) is 0 Å². The van der Waals surface area contributed by atoms with E-state index >= 15 is 0 Å². The Morgan fingerprint density at radius 2 is 1.95 bits per heavy atom. The largest absolute Gasteiger partial charge is 0.418 e. The molecular weight excluding hydrogens is 476 g/mol. The van der Waals surface area contributed by atoms with Crippen LogP contribution in [0.4, 0.5) is 6.01 Å². The molecule has 2 aliphatic heterocycles. The summed E-state index contributed by atoms with van der Waals surface area (Å²) in [6, 6.07) is 1.76. The highest BCUT2D eigenvalue weighted by atomic mass is 16.5. The Kier molecular flexibility index (Phi) is 9.00. The van der Waals surface area contributed by atoms with E-state index in [0.29, 0.717) is 57.4 Å². The summed E-state index contributed by atoms with van der Waals surface area (Å²) in [7, 11) is 2.02. The van der Waals surface area contributed by atoms with Crippen LogP contribution in [0.2, 0.25) is 0 Å². The number of hydrogen-bond donors (Lipinski definition) is 3. The zero-order chi connectivity index (χ0) is 26.3. The third-order valence-corrected chi connectivity index (χ3v) is 7.56. The van der Waals surface area contributed by atoms with Gasteiger partial charge in [-0.3, -0.25) is 14.9 Å². The number of morpholine rings is 1. The lowest BCUT2D eigenvalue weighted by molar-refractivity contribution is -0.124. The van der Waals surface area contributed by atoms with Crippen LogP contribution in [0.3, 0.4) is 0 Å². The number of nitrogens with one attached hydrogen (secondary N) is 2. The molecule has 1 aromatic heterocycles. The van der Waals surface area contributed by atoms with Crippen molar-refractivity contribution in [2.45, 2.75) is 62.9 Å². The number of nitriles is 1. The van der Waals surface area contributed by atoms with Crippen LogP contribution >= 0.6 is 0 Å². The van der Waals surface area contributed by atoms with Crippen molar-refractivity contribution in [2.24, 2.45) is 16.6 Å². The summed E-state index contributed by atoms with van der Waals surface area (Å²) >= 11 is 0. The fourth-order valence-corrected chi connectivity index (χ4v) is 5.20. The summed E-state index contributed by atoms with van der Waals surface area (Å²) in [6.45, 7) is 3.67. The van der Waals surface area contributed by atoms with Crippen molar-refractivity contribution in [3.63, 3.8) is 0 Å². The van der Waals surface area contributed by atoms with Crippen molar-refractivity contribution in [1.82, 2.24) is 20.1 Å². The number of primary amides is 1. The highest BCUT2D eigenvalue weighted by Gasteiger charge is 2.38. The quantitative estimate of drug-likeness (QED) is 0.360. The first-order chi connectivity index (χ1) is 17.9. The first kappa shape index (κ1) is 26.9. The first-order valence-electron chi connectivity index (χ1n) is 13.2. The molecule has 1 aliphatic carbocycles. The fourth-order valence-electron chi connectivity index (χ4n) is 5.20. The Morgan fingerprint density at radius 1 is 1.24 bits per heavy atom. The van der Waals surface area contributed by atoms with Crippen LogP contribution in [-0.4, -0.2) is 90.6 Å². The van der Waals surface area contributed by atoms with E-state index < -0.39 is 17.5 Å². The highest BCUT2D eigenvalue weighted by molar-refractivity contribution is 5.95. The minimum Gasteiger partial charge on any atom is -0.418 e. The molecule has 202 valence electrons. The summed E-state index contributed by atoms with van der Waals surface area (Å²) in [5.74, 6) is -0.225. The average molecular weight is 515 g/mol. The van der Waals surface area contributed by atoms with Crippen LogP contribution in [-0.2, 0) is 9.53 Å². The van der Waals surface area contributed by atoms with Gasteiger partial charge in [0, 0.05) is 26.2 Å². The Balaban J connectivity index is 1.60. The second-order valence-corrected chi connectivity index (χ2v) is 10.3. The summed E-state index contributed by atoms with van der Waals surface area (Å²) in [6.07, 6.45) is 8.65. The SMILES string of the molecule is CN1CCC(C#N)(NC(=O)C(CC2CCCCC2)/N=C(\Nc2ncc(C(N)=O)o2)N2CCOCC2)CC1. The Bertz CT molecular complexity index is 999. The number of aromatic nitrogens is 1. The highest BCUT2D eigenvalue weighted by Crippen LogP contribution is 2.29. The molecule has 37 heavy (non-hydrogen) atoms. The normalized spacial score (nSPS) is 22.2. The molecule has 4 N–H and O–H groups in total. The van der Waals surface area contributed by atoms with E-state index in [4.69, 9.17) is 19.9 Å². The zero-order valence-corrected chi connectivity index (χ0v) is 21.6. The van der Waals surface area contributed by atoms with Crippen LogP contribution < -0.4 is 16.4 Å². The van der Waals surface area contributed by atoms with E-state index in [2.05, 4.69) is 26.6 Å². The number of likely N-dealkylation sites (tertiary alicyclic amines) is 1. The molecule has 0 bridgehead atoms. The van der Waals surface area contributed by atoms with Gasteiger partial charge in [0.2, 0.25) is 17.6 Å². The van der Waals surface area contributed by atoms with Crippen LogP contribution in [0.5, 0.6) is 0 Å². The molecule has 1 atom stereocenters. The number of nitrogens with two attached hydrogens (primary N) is 1. The van der Waals surface area contributed by atoms with Crippen molar-refractivity contribution in [2.75, 3.05) is 51.8 Å². The summed E-state index contributed by atoms with van der Waals surface area (Å²) in [4.78, 5) is 38.4. The van der Waals surface area contributed by atoms with Gasteiger partial charge in [0.1, 0.15) is 11.6 Å². The molecular formula is C25H38N8O4. The monoisotopic (exact) mass is 514 g/mol. The Hall–Kier alpha value is -3.17. The van der Waals surface area contributed by atoms with E-state index in [9.17, 15) is 14.9 Å². The molecule has 2 saturated heterocycles. The predicted molar refractivity (Wildman–Crippen MR) is 137 cm³/mol. The molecule has 3 aliphatic rings. The maximum atomic E-state index is 13.7. The number of piperidine rings is 1. The summed E-state index contributed by atoms with van der Waals surface area (Å²) in [5.41, 5.74) is 4.41. The topological polar surface area (TPSA) is 162 Å². The molecule has 0 aromatic carbocycles. The predicted octanol–water partition coefficient (Wildman–Crippen LogP) is 1.32. The number of aliphatic imine (C=N–C) groups is 1. The van der Waals surface area contributed by atoms with Gasteiger partial charge in [0.15, 0.2) is 0 Å². The number of carbonyl (C=O) groups excluding carboxylic acids is 2. The van der Waals surface area contributed by atoms with Gasteiger partial charge >= 0.3 is 6.01 Å². The van der Waals surface area contributed by atoms with Crippen molar-refractivity contribution >= 4 is 23.8 Å². The lowest BCUT2D eigenvalue weighted by Gasteiger charge is -2.37. The number of carbonyl (C=O) groups is 2. The van der Waals surface area contributed by atoms with Gasteiger partial charge in [-0.05, 0) is 32.2 Å². The van der Waals surface area contributed by atoms with Crippen LogP contribution in [0.15, 0.2) is 15.6 Å². The minimum atomic E-state index is -0.893. The van der Waals surface area contributed by atoms with Gasteiger partial charge in [0.05, 0.1) is 25.5 Å². The molecule has 3 fully saturated rings. The van der Waals surface area contributed by atoms with Gasteiger partial charge in [-0.2, -0.15) is 5.26 Å². The van der Waals surface area contributed by atoms with E-state index in [1.165, 1.54) is 12.6 Å². The number of rotatable bonds is 7. The number of anilines is 1. The Labute approximate surface area is 217 Å². The molecule has 0 spiro atoms. The van der Waals surface area contributed by atoms with Crippen LogP contribution in [0.1, 0.15) is 61.9 Å². The maximum absolute atomic E-state index is 13.7. The number of oxazole rings is 1. The average Bonchev–Trinajstić information content (AvgIpc) is 3.39. The number of amides is 2. The number of nitrogens with zero attached hydrogens (tertiary/aromatic N) is 5. The van der Waals surface area contributed by atoms with Gasteiger partial charge < -0.3 is 30.0 Å². The van der Waals surface area contributed by atoms with Crippen molar-refractivity contribution in [3.8, 4) is 6.07 Å². The molecule has 4 rings (SSSR count). The van der Waals surface area contributed by atoms with Gasteiger partial charge in [0.25, 0.3) is 5.91 Å². The zero-order valence-electron chi connectivity index (χ0n) is 21.6. The Morgan fingerprint density at radius 3 is 2.57 bits per heavy atom. The number of ether oxygens (including phenoxy) is 1. The molecule has 12 heteroatoms. The molecule has 1 saturated carbocycles. The van der Waals surface area contributed by atoms with Crippen LogP contribution in [0, 0.1) is 17.2 Å². The smallest absolute Gasteiger partial charge is 0.302 e. The van der Waals surface area contributed by atoms with E-state index in [0.717, 1.165) is 38.8 Å². The number of hydrogen-bond acceptors (Lipinski definition) is 8. The lowest BCUT2D eigenvalue weighted by atomic mass is 9.84. The third-order valence-electron chi connectivity index (χ3n) is 7.56. The molecule has 12 nitrogen and oxygen atoms in total. The van der Waals surface area contributed by atoms with Crippen molar-refractivity contribution < 1.29 is 18.7 Å². The molecule has 3 heterocycles. The van der Waals surface area contributed by atoms with Gasteiger partial charge in [-0.25, -0.2) is 9.98 Å². The minimum absolute atomic E-state index is 0.0691. The van der Waals surface area contributed by atoms with Crippen molar-refractivity contribution in [1.29, 1.82) is 5.26 Å². The standard InChI is InChI=1S/C25H38N8O4/c1-32-9-7-25(17-26,8-10-32)31-22(35)19(15-18-5-3-2-4-6-18)29-23(33-11-13-36-14-12-33)30-24-28-16-20(37-24)21(27)34/h16,18-19H,2-15H2,1H3,(H2,27,34)(H,31,35)(H,28,29,30). The fraction of sp³-hybridized carbons (Fsp3) is 0.720. The van der Waals surface area contributed by atoms with Gasteiger partial charge in [-0.1, -0.05) is 32.1 Å². The second kappa shape index (κ2) is 12.4. The lowest BCUT2D eigenvalue weighted by Crippen LogP contribution is -2.56. The van der Waals surface area contributed by atoms with Crippen molar-refractivity contribution in [3.05, 3.63) is 12.0 Å². The maximum Gasteiger partial charge on any atom is 0.302 e. The molecule has 1 aromatic rings. The summed E-state index contributed by atoms with van der Waals surface area (Å²) in [5, 5.41) is 16.1. The first-order valence-corrected chi connectivity index (χ1v) is 13.2. The van der Waals surface area contributed by atoms with E-state index in [-0.39, 0.29) is 17.7 Å². The molecule has 0 radical (unpaired) electrons. The van der Waals surface area contributed by atoms with E-state index in [1.807, 2.05) is 11.9 Å². The van der Waals surface area contributed by atoms with Crippen LogP contribution in [0.25, 0.3) is 0 Å². The molecule has 1 unspecified atom stereocenters. The summed E-state index contributed by atoms with van der Waals surface area (Å²) < 4.78 is 10.9. The van der Waals surface area contributed by atoms with E-state index in [1.54, 1.807) is 0 Å². The third kappa shape index (κ3) is 7.20. The molecule has 2 amide bonds.